The zero-order valence-corrected chi connectivity index (χ0v) is 8.12. The van der Waals surface area contributed by atoms with Crippen molar-refractivity contribution in [1.29, 1.82) is 0 Å². The van der Waals surface area contributed by atoms with Crippen molar-refractivity contribution in [2.24, 2.45) is 0 Å². The first-order valence-electron chi connectivity index (χ1n) is 5.20. The highest BCUT2D eigenvalue weighted by Crippen LogP contribution is 2.45. The number of hydrogen-bond donors (Lipinski definition) is 1. The van der Waals surface area contributed by atoms with E-state index in [-0.39, 0.29) is 0 Å². The van der Waals surface area contributed by atoms with Gasteiger partial charge in [-0.05, 0) is 36.0 Å². The molecule has 1 N–H and O–H groups in total. The van der Waals surface area contributed by atoms with Crippen molar-refractivity contribution in [3.8, 4) is 0 Å². The molecule has 2 nitrogen and oxygen atoms in total. The molecule has 0 radical (unpaired) electrons. The van der Waals surface area contributed by atoms with Crippen LogP contribution in [0.2, 0.25) is 0 Å². The molecule has 1 aliphatic heterocycles. The highest BCUT2D eigenvalue weighted by Gasteiger charge is 2.42. The molecule has 0 saturated heterocycles. The molecule has 1 aliphatic carbocycles. The van der Waals surface area contributed by atoms with E-state index in [0.29, 0.717) is 6.61 Å². The maximum Gasteiger partial charge on any atom is 0.0899 e. The van der Waals surface area contributed by atoms with Crippen molar-refractivity contribution in [3.63, 3.8) is 0 Å². The van der Waals surface area contributed by atoms with Gasteiger partial charge in [0.15, 0.2) is 0 Å². The van der Waals surface area contributed by atoms with Crippen molar-refractivity contribution in [2.75, 3.05) is 6.61 Å². The third-order valence-corrected chi connectivity index (χ3v) is 3.24. The Morgan fingerprint density at radius 1 is 1.21 bits per heavy atom. The van der Waals surface area contributed by atoms with Crippen LogP contribution < -0.4 is 0 Å². The lowest BCUT2D eigenvalue weighted by Gasteiger charge is -2.18. The van der Waals surface area contributed by atoms with Gasteiger partial charge in [0.25, 0.3) is 0 Å². The minimum Gasteiger partial charge on any atom is -0.385 e. The average Bonchev–Trinajstić information content (AvgIpc) is 2.97. The van der Waals surface area contributed by atoms with E-state index in [4.69, 9.17) is 4.74 Å². The number of aliphatic hydroxyl groups is 1. The lowest BCUT2D eigenvalue weighted by Crippen LogP contribution is -2.12. The first-order valence-corrected chi connectivity index (χ1v) is 5.20. The van der Waals surface area contributed by atoms with Gasteiger partial charge in [-0.15, -0.1) is 0 Å². The van der Waals surface area contributed by atoms with Gasteiger partial charge in [0, 0.05) is 0 Å². The van der Waals surface area contributed by atoms with E-state index >= 15 is 0 Å². The zero-order chi connectivity index (χ0) is 9.60. The summed E-state index contributed by atoms with van der Waals surface area (Å²) in [5.41, 5.74) is 3.20. The van der Waals surface area contributed by atoms with Gasteiger partial charge in [-0.3, -0.25) is 0 Å². The van der Waals surface area contributed by atoms with Gasteiger partial charge in [0.05, 0.1) is 18.8 Å². The van der Waals surface area contributed by atoms with Crippen molar-refractivity contribution in [3.05, 3.63) is 34.9 Å². The molecule has 14 heavy (non-hydrogen) atoms. The Labute approximate surface area is 83.5 Å². The Morgan fingerprint density at radius 2 is 2.07 bits per heavy atom. The molecule has 3 rings (SSSR count). The quantitative estimate of drug-likeness (QED) is 0.731. The Balaban J connectivity index is 2.01. The molecule has 0 aromatic heterocycles. The molecule has 1 fully saturated rings. The van der Waals surface area contributed by atoms with Crippen molar-refractivity contribution >= 4 is 0 Å². The molecule has 2 heteroatoms. The molecule has 0 unspecified atom stereocenters. The number of ether oxygens (including phenoxy) is 1. The van der Waals surface area contributed by atoms with Gasteiger partial charge in [-0.2, -0.15) is 0 Å². The van der Waals surface area contributed by atoms with Crippen LogP contribution in [0.15, 0.2) is 18.2 Å². The smallest absolute Gasteiger partial charge is 0.0899 e. The second-order valence-electron chi connectivity index (χ2n) is 4.32. The largest absolute Gasteiger partial charge is 0.385 e. The fraction of sp³-hybridized carbons (Fsp3) is 0.500. The van der Waals surface area contributed by atoms with Crippen molar-refractivity contribution in [1.82, 2.24) is 0 Å². The van der Waals surface area contributed by atoms with Gasteiger partial charge < -0.3 is 9.84 Å². The minimum absolute atomic E-state index is 0.507. The molecule has 1 aromatic rings. The predicted molar refractivity (Wildman–Crippen MR) is 52.9 cm³/mol. The maximum absolute atomic E-state index is 9.96. The van der Waals surface area contributed by atoms with Crippen LogP contribution in [0.3, 0.4) is 0 Å². The van der Waals surface area contributed by atoms with Crippen LogP contribution in [-0.2, 0) is 23.4 Å². The lowest BCUT2D eigenvalue weighted by atomic mass is 9.97. The van der Waals surface area contributed by atoms with Crippen LogP contribution in [0.5, 0.6) is 0 Å². The third-order valence-electron chi connectivity index (χ3n) is 3.24. The Morgan fingerprint density at radius 3 is 2.86 bits per heavy atom. The summed E-state index contributed by atoms with van der Waals surface area (Å²) in [7, 11) is 0. The molecule has 1 aromatic carbocycles. The summed E-state index contributed by atoms with van der Waals surface area (Å²) in [6.45, 7) is 1.54. The first kappa shape index (κ1) is 8.45. The molecule has 0 spiro atoms. The summed E-state index contributed by atoms with van der Waals surface area (Å²) in [6.07, 6.45) is 2.83. The van der Waals surface area contributed by atoms with Gasteiger partial charge in [-0.1, -0.05) is 18.2 Å². The van der Waals surface area contributed by atoms with E-state index in [1.165, 1.54) is 11.1 Å². The van der Waals surface area contributed by atoms with Crippen LogP contribution in [0.25, 0.3) is 0 Å². The minimum atomic E-state index is -0.507. The molecule has 0 bridgehead atoms. The molecule has 1 heterocycles. The summed E-state index contributed by atoms with van der Waals surface area (Å²) in [6, 6.07) is 6.32. The fourth-order valence-electron chi connectivity index (χ4n) is 2.06. The van der Waals surface area contributed by atoms with Gasteiger partial charge >= 0.3 is 0 Å². The van der Waals surface area contributed by atoms with Gasteiger partial charge in [0.1, 0.15) is 0 Å². The van der Waals surface area contributed by atoms with Crippen LogP contribution in [0.4, 0.5) is 0 Å². The standard InChI is InChI=1S/C12H14O2/c13-12(4-5-12)11-2-1-9-3-6-14-8-10(9)7-11/h1-2,7,13H,3-6,8H2. The number of fused-ring (bicyclic) bond motifs is 1. The van der Waals surface area contributed by atoms with Crippen LogP contribution in [-0.4, -0.2) is 11.7 Å². The number of hydrogen-bond acceptors (Lipinski definition) is 2. The van der Waals surface area contributed by atoms with Crippen LogP contribution >= 0.6 is 0 Å². The molecule has 74 valence electrons. The third kappa shape index (κ3) is 1.26. The predicted octanol–water partition coefficient (Wildman–Crippen LogP) is 1.74. The summed E-state index contributed by atoms with van der Waals surface area (Å²) in [5.74, 6) is 0. The van der Waals surface area contributed by atoms with Crippen LogP contribution in [0, 0.1) is 0 Å². The molecule has 2 aliphatic rings. The maximum atomic E-state index is 9.96. The fourth-order valence-corrected chi connectivity index (χ4v) is 2.06. The summed E-state index contributed by atoms with van der Waals surface area (Å²) >= 11 is 0. The molecular formula is C12H14O2. The second-order valence-corrected chi connectivity index (χ2v) is 4.32. The number of rotatable bonds is 1. The lowest BCUT2D eigenvalue weighted by molar-refractivity contribution is 0.110. The SMILES string of the molecule is OC1(c2ccc3c(c2)COCC3)CC1. The molecule has 0 atom stereocenters. The topological polar surface area (TPSA) is 29.5 Å². The Hall–Kier alpha value is -0.860. The van der Waals surface area contributed by atoms with E-state index in [1.54, 1.807) is 0 Å². The molecule has 0 amide bonds. The van der Waals surface area contributed by atoms with Crippen LogP contribution in [0.1, 0.15) is 29.5 Å². The highest BCUT2D eigenvalue weighted by atomic mass is 16.5. The van der Waals surface area contributed by atoms with E-state index < -0.39 is 5.60 Å². The highest BCUT2D eigenvalue weighted by molar-refractivity contribution is 5.37. The van der Waals surface area contributed by atoms with E-state index in [9.17, 15) is 5.11 Å². The summed E-state index contributed by atoms with van der Waals surface area (Å²) < 4.78 is 5.40. The van der Waals surface area contributed by atoms with Crippen molar-refractivity contribution < 1.29 is 9.84 Å². The second kappa shape index (κ2) is 2.81. The molecule has 1 saturated carbocycles. The zero-order valence-electron chi connectivity index (χ0n) is 8.12. The summed E-state index contributed by atoms with van der Waals surface area (Å²) in [5, 5.41) is 9.96. The van der Waals surface area contributed by atoms with Gasteiger partial charge in [0.2, 0.25) is 0 Å². The first-order chi connectivity index (χ1) is 6.78. The molecular weight excluding hydrogens is 176 g/mol. The normalized spacial score (nSPS) is 22.9. The van der Waals surface area contributed by atoms with E-state index in [1.807, 2.05) is 0 Å². The number of benzene rings is 1. The average molecular weight is 190 g/mol. The van der Waals surface area contributed by atoms with Crippen molar-refractivity contribution in [2.45, 2.75) is 31.5 Å². The van der Waals surface area contributed by atoms with E-state index in [0.717, 1.165) is 31.4 Å². The Bertz CT molecular complexity index is 367. The van der Waals surface area contributed by atoms with Gasteiger partial charge in [-0.25, -0.2) is 0 Å². The summed E-state index contributed by atoms with van der Waals surface area (Å²) in [4.78, 5) is 0. The monoisotopic (exact) mass is 190 g/mol. The Kier molecular flexibility index (Phi) is 1.70. The van der Waals surface area contributed by atoms with E-state index in [2.05, 4.69) is 18.2 Å².